The van der Waals surface area contributed by atoms with Gasteiger partial charge in [0.05, 0.1) is 12.3 Å². The standard InChI is InChI=1S/C12H12IN3O2/c1-2-18-12(17)11-10(14-16-15-11)7-8-3-5-9(13)6-4-8/h3-6H,2,7H2,1H3,(H,14,15,16). The minimum Gasteiger partial charge on any atom is -0.461 e. The van der Waals surface area contributed by atoms with E-state index in [1.807, 2.05) is 24.3 Å². The van der Waals surface area contributed by atoms with Crippen LogP contribution in [0.3, 0.4) is 0 Å². The molecule has 0 spiro atoms. The number of rotatable bonds is 4. The van der Waals surface area contributed by atoms with Crippen molar-refractivity contribution in [2.24, 2.45) is 0 Å². The second kappa shape index (κ2) is 5.94. The Bertz CT molecular complexity index is 537. The van der Waals surface area contributed by atoms with E-state index in [1.165, 1.54) is 3.57 Å². The van der Waals surface area contributed by atoms with Crippen LogP contribution in [-0.2, 0) is 11.2 Å². The van der Waals surface area contributed by atoms with Crippen molar-refractivity contribution in [3.63, 3.8) is 0 Å². The summed E-state index contributed by atoms with van der Waals surface area (Å²) in [6.45, 7) is 2.09. The topological polar surface area (TPSA) is 67.9 Å². The van der Waals surface area contributed by atoms with Gasteiger partial charge >= 0.3 is 5.97 Å². The second-order valence-corrected chi connectivity index (χ2v) is 4.91. The molecular formula is C12H12IN3O2. The number of aromatic amines is 1. The summed E-state index contributed by atoms with van der Waals surface area (Å²) in [5, 5.41) is 10.2. The quantitative estimate of drug-likeness (QED) is 0.673. The number of esters is 1. The zero-order valence-corrected chi connectivity index (χ0v) is 12.0. The van der Waals surface area contributed by atoms with Gasteiger partial charge in [0.15, 0.2) is 5.69 Å². The zero-order chi connectivity index (χ0) is 13.0. The number of ether oxygens (including phenoxy) is 1. The Morgan fingerprint density at radius 3 is 2.78 bits per heavy atom. The van der Waals surface area contributed by atoms with Crippen molar-refractivity contribution in [3.8, 4) is 0 Å². The van der Waals surface area contributed by atoms with Crippen LogP contribution in [0.4, 0.5) is 0 Å². The van der Waals surface area contributed by atoms with Crippen molar-refractivity contribution in [2.45, 2.75) is 13.3 Å². The first kappa shape index (κ1) is 13.0. The Balaban J connectivity index is 2.17. The predicted octanol–water partition coefficient (Wildman–Crippen LogP) is 2.18. The third-order valence-electron chi connectivity index (χ3n) is 2.38. The lowest BCUT2D eigenvalue weighted by molar-refractivity contribution is 0.0518. The van der Waals surface area contributed by atoms with Crippen LogP contribution in [0.25, 0.3) is 0 Å². The van der Waals surface area contributed by atoms with E-state index in [-0.39, 0.29) is 5.69 Å². The molecule has 6 heteroatoms. The smallest absolute Gasteiger partial charge is 0.360 e. The van der Waals surface area contributed by atoms with Gasteiger partial charge in [-0.2, -0.15) is 0 Å². The fraction of sp³-hybridized carbons (Fsp3) is 0.250. The molecule has 0 saturated heterocycles. The highest BCUT2D eigenvalue weighted by molar-refractivity contribution is 14.1. The summed E-state index contributed by atoms with van der Waals surface area (Å²) in [4.78, 5) is 11.6. The van der Waals surface area contributed by atoms with Crippen LogP contribution in [0.15, 0.2) is 24.3 Å². The highest BCUT2D eigenvalue weighted by Crippen LogP contribution is 2.13. The molecule has 1 N–H and O–H groups in total. The molecule has 0 aliphatic rings. The number of H-pyrrole nitrogens is 1. The number of hydrogen-bond donors (Lipinski definition) is 1. The summed E-state index contributed by atoms with van der Waals surface area (Å²) in [6, 6.07) is 8.06. The van der Waals surface area contributed by atoms with Gasteiger partial charge in [-0.15, -0.1) is 5.10 Å². The predicted molar refractivity (Wildman–Crippen MR) is 74.3 cm³/mol. The van der Waals surface area contributed by atoms with Gasteiger partial charge in [-0.25, -0.2) is 4.79 Å². The van der Waals surface area contributed by atoms with Crippen LogP contribution in [0.1, 0.15) is 28.7 Å². The number of nitrogens with one attached hydrogen (secondary N) is 1. The first-order valence-electron chi connectivity index (χ1n) is 5.52. The first-order chi connectivity index (χ1) is 8.70. The average Bonchev–Trinajstić information content (AvgIpc) is 2.81. The molecule has 0 aliphatic carbocycles. The van der Waals surface area contributed by atoms with Crippen molar-refractivity contribution in [3.05, 3.63) is 44.8 Å². The number of carbonyl (C=O) groups excluding carboxylic acids is 1. The largest absolute Gasteiger partial charge is 0.461 e. The molecule has 0 atom stereocenters. The van der Waals surface area contributed by atoms with E-state index < -0.39 is 5.97 Å². The average molecular weight is 357 g/mol. The minimum atomic E-state index is -0.438. The fourth-order valence-corrected chi connectivity index (χ4v) is 1.90. The lowest BCUT2D eigenvalue weighted by Gasteiger charge is -2.02. The Labute approximate surface area is 118 Å². The molecule has 2 rings (SSSR count). The summed E-state index contributed by atoms with van der Waals surface area (Å²) >= 11 is 2.25. The van der Waals surface area contributed by atoms with Crippen LogP contribution in [0, 0.1) is 3.57 Å². The molecule has 0 bridgehead atoms. The first-order valence-corrected chi connectivity index (χ1v) is 6.60. The molecule has 1 aromatic heterocycles. The maximum absolute atomic E-state index is 11.6. The van der Waals surface area contributed by atoms with Gasteiger partial charge in [-0.05, 0) is 47.2 Å². The lowest BCUT2D eigenvalue weighted by Crippen LogP contribution is -2.08. The molecule has 0 aliphatic heterocycles. The van der Waals surface area contributed by atoms with Gasteiger partial charge in [0, 0.05) is 9.99 Å². The SMILES string of the molecule is CCOC(=O)c1nn[nH]c1Cc1ccc(I)cc1. The number of hydrogen-bond acceptors (Lipinski definition) is 4. The molecule has 5 nitrogen and oxygen atoms in total. The molecular weight excluding hydrogens is 345 g/mol. The van der Waals surface area contributed by atoms with Crippen molar-refractivity contribution >= 4 is 28.6 Å². The number of carbonyl (C=O) groups is 1. The molecule has 18 heavy (non-hydrogen) atoms. The number of benzene rings is 1. The highest BCUT2D eigenvalue weighted by atomic mass is 127. The van der Waals surface area contributed by atoms with E-state index in [9.17, 15) is 4.79 Å². The normalized spacial score (nSPS) is 10.3. The van der Waals surface area contributed by atoms with E-state index in [0.29, 0.717) is 18.7 Å². The minimum absolute atomic E-state index is 0.260. The lowest BCUT2D eigenvalue weighted by atomic mass is 10.1. The number of halogens is 1. The fourth-order valence-electron chi connectivity index (χ4n) is 1.54. The maximum Gasteiger partial charge on any atom is 0.360 e. The van der Waals surface area contributed by atoms with Crippen molar-refractivity contribution in [1.82, 2.24) is 15.4 Å². The summed E-state index contributed by atoms with van der Waals surface area (Å²) in [5.41, 5.74) is 2.03. The molecule has 1 heterocycles. The molecule has 2 aromatic rings. The third-order valence-corrected chi connectivity index (χ3v) is 3.10. The Hall–Kier alpha value is -1.44. The molecule has 0 fully saturated rings. The molecule has 0 saturated carbocycles. The summed E-state index contributed by atoms with van der Waals surface area (Å²) in [6.07, 6.45) is 0.581. The van der Waals surface area contributed by atoms with Crippen LogP contribution < -0.4 is 0 Å². The van der Waals surface area contributed by atoms with Crippen molar-refractivity contribution in [1.29, 1.82) is 0 Å². The molecule has 94 valence electrons. The van der Waals surface area contributed by atoms with E-state index in [0.717, 1.165) is 5.56 Å². The van der Waals surface area contributed by atoms with Gasteiger partial charge in [-0.3, -0.25) is 5.10 Å². The summed E-state index contributed by atoms with van der Waals surface area (Å²) in [7, 11) is 0. The Kier molecular flexibility index (Phi) is 4.29. The third kappa shape index (κ3) is 3.06. The van der Waals surface area contributed by atoms with E-state index >= 15 is 0 Å². The van der Waals surface area contributed by atoms with Crippen LogP contribution in [0.2, 0.25) is 0 Å². The van der Waals surface area contributed by atoms with Gasteiger partial charge < -0.3 is 4.74 Å². The Morgan fingerprint density at radius 1 is 1.39 bits per heavy atom. The maximum atomic E-state index is 11.6. The monoisotopic (exact) mass is 357 g/mol. The Morgan fingerprint density at radius 2 is 2.11 bits per heavy atom. The molecule has 0 radical (unpaired) electrons. The number of aromatic nitrogens is 3. The van der Waals surface area contributed by atoms with E-state index in [1.54, 1.807) is 6.92 Å². The van der Waals surface area contributed by atoms with Crippen molar-refractivity contribution < 1.29 is 9.53 Å². The van der Waals surface area contributed by atoms with Gasteiger partial charge in [-0.1, -0.05) is 17.3 Å². The van der Waals surface area contributed by atoms with Gasteiger partial charge in [0.1, 0.15) is 0 Å². The summed E-state index contributed by atoms with van der Waals surface area (Å²) < 4.78 is 6.09. The number of nitrogens with zero attached hydrogens (tertiary/aromatic N) is 2. The zero-order valence-electron chi connectivity index (χ0n) is 9.81. The van der Waals surface area contributed by atoms with E-state index in [4.69, 9.17) is 4.74 Å². The second-order valence-electron chi connectivity index (χ2n) is 3.66. The van der Waals surface area contributed by atoms with Crippen LogP contribution in [-0.4, -0.2) is 28.0 Å². The van der Waals surface area contributed by atoms with Crippen LogP contribution >= 0.6 is 22.6 Å². The highest BCUT2D eigenvalue weighted by Gasteiger charge is 2.17. The van der Waals surface area contributed by atoms with E-state index in [2.05, 4.69) is 38.0 Å². The molecule has 0 unspecified atom stereocenters. The molecule has 0 amide bonds. The van der Waals surface area contributed by atoms with Gasteiger partial charge in [0.2, 0.25) is 0 Å². The molecule has 1 aromatic carbocycles. The van der Waals surface area contributed by atoms with Gasteiger partial charge in [0.25, 0.3) is 0 Å². The van der Waals surface area contributed by atoms with Crippen molar-refractivity contribution in [2.75, 3.05) is 6.61 Å². The van der Waals surface area contributed by atoms with Crippen LogP contribution in [0.5, 0.6) is 0 Å². The summed E-state index contributed by atoms with van der Waals surface area (Å²) in [5.74, 6) is -0.438.